The Kier molecular flexibility index (Phi) is 5.60. The molecule has 0 bridgehead atoms. The maximum atomic E-state index is 12.7. The van der Waals surface area contributed by atoms with Crippen molar-refractivity contribution in [2.45, 2.75) is 31.5 Å². The van der Waals surface area contributed by atoms with Gasteiger partial charge in [0, 0.05) is 30.3 Å². The third kappa shape index (κ3) is 4.62. The molecule has 0 atom stereocenters. The van der Waals surface area contributed by atoms with Crippen molar-refractivity contribution < 1.29 is 23.8 Å². The molecule has 2 aliphatic rings. The van der Waals surface area contributed by atoms with E-state index in [2.05, 4.69) is 10.6 Å². The number of carbonyl (C=O) groups excluding carboxylic acids is 2. The molecule has 1 heterocycles. The third-order valence-electron chi connectivity index (χ3n) is 5.71. The molecule has 1 saturated carbocycles. The molecular formula is C26H24N2O5. The van der Waals surface area contributed by atoms with E-state index in [4.69, 9.17) is 14.2 Å². The van der Waals surface area contributed by atoms with Crippen LogP contribution in [-0.4, -0.2) is 24.2 Å². The first-order valence-corrected chi connectivity index (χ1v) is 11.0. The molecule has 0 aromatic heterocycles. The second kappa shape index (κ2) is 8.86. The number of nitrogens with one attached hydrogen (secondary N) is 2. The average molecular weight is 444 g/mol. The van der Waals surface area contributed by atoms with E-state index in [0.717, 1.165) is 25.7 Å². The van der Waals surface area contributed by atoms with Crippen molar-refractivity contribution in [1.29, 1.82) is 0 Å². The zero-order chi connectivity index (χ0) is 22.7. The molecule has 0 saturated heterocycles. The Labute approximate surface area is 191 Å². The molecule has 1 fully saturated rings. The minimum Gasteiger partial charge on any atom is -0.483 e. The van der Waals surface area contributed by atoms with Crippen LogP contribution in [-0.2, 0) is 4.79 Å². The lowest BCUT2D eigenvalue weighted by molar-refractivity contribution is -0.118. The highest BCUT2D eigenvalue weighted by molar-refractivity contribution is 6.06. The first-order valence-electron chi connectivity index (χ1n) is 11.0. The zero-order valence-corrected chi connectivity index (χ0v) is 18.0. The summed E-state index contributed by atoms with van der Waals surface area (Å²) in [5.41, 5.74) is 1.62. The smallest absolute Gasteiger partial charge is 0.262 e. The molecule has 5 rings (SSSR count). The number of rotatable bonds is 6. The number of para-hydroxylation sites is 2. The number of anilines is 2. The second-order valence-corrected chi connectivity index (χ2v) is 8.14. The lowest BCUT2D eigenvalue weighted by atomic mass is 10.2. The van der Waals surface area contributed by atoms with Gasteiger partial charge in [0.15, 0.2) is 18.1 Å². The summed E-state index contributed by atoms with van der Waals surface area (Å²) in [6, 6.07) is 21.3. The van der Waals surface area contributed by atoms with Crippen LogP contribution in [0.25, 0.3) is 0 Å². The first kappa shape index (κ1) is 20.9. The van der Waals surface area contributed by atoms with Crippen molar-refractivity contribution >= 4 is 23.2 Å². The number of fused-ring (bicyclic) bond motifs is 1. The van der Waals surface area contributed by atoms with Crippen LogP contribution in [0.2, 0.25) is 0 Å². The van der Waals surface area contributed by atoms with E-state index in [-0.39, 0.29) is 18.4 Å². The van der Waals surface area contributed by atoms with Gasteiger partial charge in [-0.2, -0.15) is 0 Å². The number of amides is 2. The average Bonchev–Trinajstić information content (AvgIpc) is 3.43. The van der Waals surface area contributed by atoms with E-state index in [1.807, 2.05) is 24.3 Å². The van der Waals surface area contributed by atoms with Gasteiger partial charge in [0.05, 0.1) is 5.56 Å². The van der Waals surface area contributed by atoms with Gasteiger partial charge in [0.2, 0.25) is 0 Å². The molecule has 7 heteroatoms. The van der Waals surface area contributed by atoms with E-state index in [1.165, 1.54) is 0 Å². The van der Waals surface area contributed by atoms with Gasteiger partial charge in [0.1, 0.15) is 5.75 Å². The summed E-state index contributed by atoms with van der Waals surface area (Å²) in [4.78, 5) is 25.2. The summed E-state index contributed by atoms with van der Waals surface area (Å²) in [6.07, 6.45) is 3.91. The molecular weight excluding hydrogens is 420 g/mol. The van der Waals surface area contributed by atoms with Gasteiger partial charge in [-0.05, 0) is 49.2 Å². The van der Waals surface area contributed by atoms with Crippen LogP contribution in [0, 0.1) is 0 Å². The molecule has 7 nitrogen and oxygen atoms in total. The third-order valence-corrected chi connectivity index (χ3v) is 5.71. The Balaban J connectivity index is 1.20. The predicted octanol–water partition coefficient (Wildman–Crippen LogP) is 5.00. The highest BCUT2D eigenvalue weighted by atomic mass is 16.7. The number of ether oxygens (including phenoxy) is 3. The van der Waals surface area contributed by atoms with Gasteiger partial charge in [-0.15, -0.1) is 0 Å². The normalized spacial score (nSPS) is 15.3. The van der Waals surface area contributed by atoms with Gasteiger partial charge < -0.3 is 24.8 Å². The minimum absolute atomic E-state index is 0.242. The van der Waals surface area contributed by atoms with E-state index < -0.39 is 5.79 Å². The van der Waals surface area contributed by atoms with Gasteiger partial charge in [-0.25, -0.2) is 0 Å². The van der Waals surface area contributed by atoms with Crippen LogP contribution >= 0.6 is 0 Å². The van der Waals surface area contributed by atoms with Gasteiger partial charge in [-0.3, -0.25) is 9.59 Å². The summed E-state index contributed by atoms with van der Waals surface area (Å²) in [7, 11) is 0. The minimum atomic E-state index is -0.544. The quantitative estimate of drug-likeness (QED) is 0.559. The zero-order valence-electron chi connectivity index (χ0n) is 18.0. The van der Waals surface area contributed by atoms with Gasteiger partial charge in [0.25, 0.3) is 17.6 Å². The number of hydrogen-bond acceptors (Lipinski definition) is 5. The van der Waals surface area contributed by atoms with Gasteiger partial charge >= 0.3 is 0 Å². The molecule has 0 radical (unpaired) electrons. The summed E-state index contributed by atoms with van der Waals surface area (Å²) in [6.45, 7) is -0.242. The monoisotopic (exact) mass is 444 g/mol. The summed E-state index contributed by atoms with van der Waals surface area (Å²) < 4.78 is 17.7. The Morgan fingerprint density at radius 1 is 0.818 bits per heavy atom. The fourth-order valence-corrected chi connectivity index (χ4v) is 4.13. The molecule has 3 aromatic rings. The standard InChI is InChI=1S/C26H24N2O5/c29-24(27-19-12-13-22-23(16-19)33-26(32-22)14-6-7-15-26)17-31-21-11-5-4-10-20(21)25(30)28-18-8-2-1-3-9-18/h1-5,8-13,16H,6-7,14-15,17H2,(H,27,29)(H,28,30). The number of hydrogen-bond donors (Lipinski definition) is 2. The highest BCUT2D eigenvalue weighted by Crippen LogP contribution is 2.47. The summed E-state index contributed by atoms with van der Waals surface area (Å²) in [5.74, 6) is 0.465. The number of carbonyl (C=O) groups is 2. The van der Waals surface area contributed by atoms with Crippen molar-refractivity contribution in [3.05, 3.63) is 78.4 Å². The van der Waals surface area contributed by atoms with E-state index in [1.54, 1.807) is 48.5 Å². The van der Waals surface area contributed by atoms with E-state index in [0.29, 0.717) is 34.2 Å². The first-order chi connectivity index (χ1) is 16.1. The summed E-state index contributed by atoms with van der Waals surface area (Å²) in [5, 5.41) is 5.63. The van der Waals surface area contributed by atoms with Crippen molar-refractivity contribution in [2.75, 3.05) is 17.2 Å². The van der Waals surface area contributed by atoms with Crippen LogP contribution < -0.4 is 24.8 Å². The predicted molar refractivity (Wildman–Crippen MR) is 124 cm³/mol. The topological polar surface area (TPSA) is 85.9 Å². The molecule has 168 valence electrons. The Hall–Kier alpha value is -4.00. The van der Waals surface area contributed by atoms with E-state index in [9.17, 15) is 9.59 Å². The second-order valence-electron chi connectivity index (χ2n) is 8.14. The van der Waals surface area contributed by atoms with Crippen LogP contribution in [0.3, 0.4) is 0 Å². The molecule has 2 N–H and O–H groups in total. The van der Waals surface area contributed by atoms with Crippen molar-refractivity contribution in [1.82, 2.24) is 0 Å². The molecule has 33 heavy (non-hydrogen) atoms. The van der Waals surface area contributed by atoms with Crippen LogP contribution in [0.1, 0.15) is 36.0 Å². The molecule has 0 unspecified atom stereocenters. The number of benzene rings is 3. The maximum Gasteiger partial charge on any atom is 0.262 e. The van der Waals surface area contributed by atoms with Crippen molar-refractivity contribution in [3.8, 4) is 17.2 Å². The van der Waals surface area contributed by atoms with Crippen LogP contribution in [0.4, 0.5) is 11.4 Å². The Morgan fingerprint density at radius 2 is 1.55 bits per heavy atom. The Morgan fingerprint density at radius 3 is 2.36 bits per heavy atom. The van der Waals surface area contributed by atoms with Gasteiger partial charge in [-0.1, -0.05) is 30.3 Å². The fourth-order valence-electron chi connectivity index (χ4n) is 4.13. The SMILES string of the molecule is O=C(COc1ccccc1C(=O)Nc1ccccc1)Nc1ccc2c(c1)OC1(CCCC1)O2. The Bertz CT molecular complexity index is 1170. The lowest BCUT2D eigenvalue weighted by Gasteiger charge is -2.21. The molecule has 3 aromatic carbocycles. The lowest BCUT2D eigenvalue weighted by Crippen LogP contribution is -2.34. The largest absolute Gasteiger partial charge is 0.483 e. The van der Waals surface area contributed by atoms with E-state index >= 15 is 0 Å². The highest BCUT2D eigenvalue weighted by Gasteiger charge is 2.44. The van der Waals surface area contributed by atoms with Crippen LogP contribution in [0.15, 0.2) is 72.8 Å². The van der Waals surface area contributed by atoms with Crippen molar-refractivity contribution in [2.24, 2.45) is 0 Å². The molecule has 1 spiro atoms. The van der Waals surface area contributed by atoms with Crippen molar-refractivity contribution in [3.63, 3.8) is 0 Å². The van der Waals surface area contributed by atoms with Crippen LogP contribution in [0.5, 0.6) is 17.2 Å². The summed E-state index contributed by atoms with van der Waals surface area (Å²) >= 11 is 0. The maximum absolute atomic E-state index is 12.7. The molecule has 1 aliphatic heterocycles. The fraction of sp³-hybridized carbons (Fsp3) is 0.231. The molecule has 1 aliphatic carbocycles. The molecule has 2 amide bonds.